The van der Waals surface area contributed by atoms with E-state index in [9.17, 15) is 9.18 Å². The Bertz CT molecular complexity index is 1010. The van der Waals surface area contributed by atoms with Crippen LogP contribution in [0.15, 0.2) is 23.4 Å². The van der Waals surface area contributed by atoms with Crippen LogP contribution in [0, 0.1) is 19.7 Å². The third-order valence-electron chi connectivity index (χ3n) is 4.76. The largest absolute Gasteiger partial charge is 0.376 e. The zero-order valence-electron chi connectivity index (χ0n) is 15.7. The number of carbonyl (C=O) groups is 1. The van der Waals surface area contributed by atoms with Gasteiger partial charge in [0.2, 0.25) is 5.91 Å². The molecule has 3 aromatic rings. The average molecular weight is 421 g/mol. The monoisotopic (exact) mass is 420 g/mol. The predicted octanol–water partition coefficient (Wildman–Crippen LogP) is 4.16. The van der Waals surface area contributed by atoms with Crippen LogP contribution >= 0.6 is 23.1 Å². The summed E-state index contributed by atoms with van der Waals surface area (Å²) in [5.74, 6) is -0.244. The number of hydrogen-bond acceptors (Lipinski definition) is 6. The van der Waals surface area contributed by atoms with Crippen molar-refractivity contribution in [3.05, 3.63) is 35.4 Å². The fourth-order valence-electron chi connectivity index (χ4n) is 3.18. The van der Waals surface area contributed by atoms with E-state index in [2.05, 4.69) is 19.9 Å². The highest BCUT2D eigenvalue weighted by molar-refractivity contribution is 7.99. The second kappa shape index (κ2) is 8.18. The van der Waals surface area contributed by atoms with E-state index in [4.69, 9.17) is 4.74 Å². The van der Waals surface area contributed by atoms with Crippen LogP contribution in [0.4, 0.5) is 9.52 Å². The lowest BCUT2D eigenvalue weighted by atomic mass is 10.2. The third-order valence-corrected chi connectivity index (χ3v) is 6.67. The number of rotatable bonds is 6. The van der Waals surface area contributed by atoms with Crippen LogP contribution in [-0.4, -0.2) is 38.9 Å². The van der Waals surface area contributed by atoms with Gasteiger partial charge in [0.15, 0.2) is 10.3 Å². The van der Waals surface area contributed by atoms with Crippen molar-refractivity contribution in [1.82, 2.24) is 14.5 Å². The maximum Gasteiger partial charge on any atom is 0.236 e. The van der Waals surface area contributed by atoms with Gasteiger partial charge >= 0.3 is 0 Å². The van der Waals surface area contributed by atoms with Crippen LogP contribution in [0.25, 0.3) is 10.2 Å². The number of benzene rings is 1. The Hall–Kier alpha value is -1.97. The van der Waals surface area contributed by atoms with E-state index in [0.717, 1.165) is 42.5 Å². The second-order valence-corrected chi connectivity index (χ2v) is 8.75. The predicted molar refractivity (Wildman–Crippen MR) is 110 cm³/mol. The minimum Gasteiger partial charge on any atom is -0.376 e. The van der Waals surface area contributed by atoms with Crippen molar-refractivity contribution < 1.29 is 13.9 Å². The number of aromatic nitrogens is 3. The summed E-state index contributed by atoms with van der Waals surface area (Å²) < 4.78 is 21.9. The number of thioether (sulfide) groups is 1. The Morgan fingerprint density at radius 2 is 2.29 bits per heavy atom. The number of nitrogens with zero attached hydrogens (tertiary/aromatic N) is 3. The number of hydrogen-bond donors (Lipinski definition) is 1. The summed E-state index contributed by atoms with van der Waals surface area (Å²) in [6.07, 6.45) is 2.36. The molecule has 1 aliphatic heterocycles. The Morgan fingerprint density at radius 1 is 1.43 bits per heavy atom. The van der Waals surface area contributed by atoms with E-state index in [1.165, 1.54) is 35.2 Å². The highest BCUT2D eigenvalue weighted by Gasteiger charge is 2.21. The number of anilines is 1. The van der Waals surface area contributed by atoms with Gasteiger partial charge in [0.1, 0.15) is 5.82 Å². The number of fused-ring (bicyclic) bond motifs is 1. The Kier molecular flexibility index (Phi) is 5.65. The smallest absolute Gasteiger partial charge is 0.236 e. The van der Waals surface area contributed by atoms with Crippen LogP contribution in [0.2, 0.25) is 0 Å². The molecular weight excluding hydrogens is 399 g/mol. The first kappa shape index (κ1) is 19.4. The van der Waals surface area contributed by atoms with Gasteiger partial charge in [-0.3, -0.25) is 4.79 Å². The van der Waals surface area contributed by atoms with E-state index in [1.54, 1.807) is 6.07 Å². The number of ether oxygens (including phenoxy) is 1. The zero-order chi connectivity index (χ0) is 19.7. The molecule has 1 aliphatic rings. The number of halogens is 1. The maximum atomic E-state index is 13.3. The summed E-state index contributed by atoms with van der Waals surface area (Å²) in [5, 5.41) is 4.10. The van der Waals surface area contributed by atoms with Gasteiger partial charge in [-0.25, -0.2) is 14.4 Å². The molecule has 0 radical (unpaired) electrons. The molecule has 148 valence electrons. The fraction of sp³-hybridized carbons (Fsp3) is 0.421. The molecule has 2 aromatic heterocycles. The number of aryl methyl sites for hydroxylation is 1. The lowest BCUT2D eigenvalue weighted by Crippen LogP contribution is -2.18. The molecule has 1 amide bonds. The standard InChI is InChI=1S/C19H21FN4O2S2/c1-11-12(2)24(9-14-4-3-7-26-14)19(21-11)27-10-17(25)23-18-22-15-6-5-13(20)8-16(15)28-18/h5-6,8,14H,3-4,7,9-10H2,1-2H3,(H,22,23,25). The van der Waals surface area contributed by atoms with Crippen molar-refractivity contribution in [3.63, 3.8) is 0 Å². The van der Waals surface area contributed by atoms with Gasteiger partial charge in [-0.1, -0.05) is 23.1 Å². The lowest BCUT2D eigenvalue weighted by molar-refractivity contribution is -0.113. The second-order valence-electron chi connectivity index (χ2n) is 6.78. The third kappa shape index (κ3) is 4.21. The molecule has 28 heavy (non-hydrogen) atoms. The molecule has 1 unspecified atom stereocenters. The van der Waals surface area contributed by atoms with Gasteiger partial charge in [0, 0.05) is 12.3 Å². The van der Waals surface area contributed by atoms with Crippen molar-refractivity contribution in [2.75, 3.05) is 17.7 Å². The molecule has 1 N–H and O–H groups in total. The molecule has 1 fully saturated rings. The van der Waals surface area contributed by atoms with Crippen LogP contribution < -0.4 is 5.32 Å². The first-order chi connectivity index (χ1) is 13.5. The molecule has 0 saturated carbocycles. The number of imidazole rings is 1. The quantitative estimate of drug-likeness (QED) is 0.607. The summed E-state index contributed by atoms with van der Waals surface area (Å²) in [6.45, 7) is 5.60. The Labute approximate surface area is 170 Å². The topological polar surface area (TPSA) is 69.0 Å². The maximum absolute atomic E-state index is 13.3. The first-order valence-corrected chi connectivity index (χ1v) is 10.9. The summed E-state index contributed by atoms with van der Waals surface area (Å²) >= 11 is 2.67. The number of amides is 1. The molecule has 1 aromatic carbocycles. The van der Waals surface area contributed by atoms with E-state index < -0.39 is 0 Å². The van der Waals surface area contributed by atoms with Crippen molar-refractivity contribution in [3.8, 4) is 0 Å². The molecule has 3 heterocycles. The minimum atomic E-state index is -0.312. The van der Waals surface area contributed by atoms with Gasteiger partial charge in [-0.2, -0.15) is 0 Å². The van der Waals surface area contributed by atoms with Gasteiger partial charge in [0.05, 0.1) is 34.3 Å². The van der Waals surface area contributed by atoms with Crippen LogP contribution in [0.1, 0.15) is 24.2 Å². The highest BCUT2D eigenvalue weighted by Crippen LogP contribution is 2.28. The van der Waals surface area contributed by atoms with Gasteiger partial charge < -0.3 is 14.6 Å². The molecule has 0 bridgehead atoms. The number of nitrogens with one attached hydrogen (secondary N) is 1. The van der Waals surface area contributed by atoms with Crippen molar-refractivity contribution in [2.24, 2.45) is 0 Å². The molecule has 4 rings (SSSR count). The molecule has 6 nitrogen and oxygen atoms in total. The molecule has 1 saturated heterocycles. The van der Waals surface area contributed by atoms with Crippen LogP contribution in [0.5, 0.6) is 0 Å². The Balaban J connectivity index is 1.40. The average Bonchev–Trinajstić information content (AvgIpc) is 3.36. The van der Waals surface area contributed by atoms with E-state index in [-0.39, 0.29) is 23.6 Å². The zero-order valence-corrected chi connectivity index (χ0v) is 17.3. The van der Waals surface area contributed by atoms with Gasteiger partial charge in [-0.15, -0.1) is 0 Å². The Morgan fingerprint density at radius 3 is 3.07 bits per heavy atom. The van der Waals surface area contributed by atoms with Crippen LogP contribution in [-0.2, 0) is 16.1 Å². The van der Waals surface area contributed by atoms with Crippen LogP contribution in [0.3, 0.4) is 0 Å². The fourth-order valence-corrected chi connectivity index (χ4v) is 4.99. The number of carbonyl (C=O) groups excluding carboxylic acids is 1. The summed E-state index contributed by atoms with van der Waals surface area (Å²) in [7, 11) is 0. The molecule has 9 heteroatoms. The molecule has 1 atom stereocenters. The molecule has 0 spiro atoms. The van der Waals surface area contributed by atoms with Crippen molar-refractivity contribution in [2.45, 2.75) is 44.5 Å². The van der Waals surface area contributed by atoms with Crippen molar-refractivity contribution >= 4 is 44.4 Å². The minimum absolute atomic E-state index is 0.161. The van der Waals surface area contributed by atoms with E-state index >= 15 is 0 Å². The highest BCUT2D eigenvalue weighted by atomic mass is 32.2. The SMILES string of the molecule is Cc1nc(SCC(=O)Nc2nc3ccc(F)cc3s2)n(CC2CCCO2)c1C. The molecule has 0 aliphatic carbocycles. The summed E-state index contributed by atoms with van der Waals surface area (Å²) in [5.41, 5.74) is 2.74. The van der Waals surface area contributed by atoms with Gasteiger partial charge in [0.25, 0.3) is 0 Å². The first-order valence-electron chi connectivity index (χ1n) is 9.13. The van der Waals surface area contributed by atoms with E-state index in [1.807, 2.05) is 13.8 Å². The van der Waals surface area contributed by atoms with Crippen molar-refractivity contribution in [1.29, 1.82) is 0 Å². The molecular formula is C19H21FN4O2S2. The van der Waals surface area contributed by atoms with Gasteiger partial charge in [-0.05, 0) is 44.9 Å². The normalized spacial score (nSPS) is 16.8. The summed E-state index contributed by atoms with van der Waals surface area (Å²) in [6, 6.07) is 4.39. The summed E-state index contributed by atoms with van der Waals surface area (Å²) in [4.78, 5) is 21.3. The lowest BCUT2D eigenvalue weighted by Gasteiger charge is -2.14. The van der Waals surface area contributed by atoms with E-state index in [0.29, 0.717) is 15.3 Å². The number of thiazole rings is 1.